The van der Waals surface area contributed by atoms with Gasteiger partial charge in [-0.25, -0.2) is 13.1 Å². The maximum Gasteiger partial charge on any atom is 0.276 e. The summed E-state index contributed by atoms with van der Waals surface area (Å²) in [6.45, 7) is 4.10. The Bertz CT molecular complexity index is 833. The number of amides is 1. The molecule has 0 atom stereocenters. The fourth-order valence-electron chi connectivity index (χ4n) is 2.43. The molecule has 2 aromatic rings. The van der Waals surface area contributed by atoms with Crippen LogP contribution in [0.4, 0.5) is 0 Å². The van der Waals surface area contributed by atoms with Crippen molar-refractivity contribution in [2.75, 3.05) is 5.75 Å². The highest BCUT2D eigenvalue weighted by Gasteiger charge is 2.18. The molecule has 1 N–H and O–H groups in total. The predicted molar refractivity (Wildman–Crippen MR) is 105 cm³/mol. The van der Waals surface area contributed by atoms with Gasteiger partial charge in [0.25, 0.3) is 15.2 Å². The fourth-order valence-corrected chi connectivity index (χ4v) is 3.93. The first-order valence-corrected chi connectivity index (χ1v) is 11.6. The molecule has 27 heavy (non-hydrogen) atoms. The molecule has 0 spiro atoms. The number of nitrogens with one attached hydrogen (secondary N) is 1. The molecule has 1 amide bonds. The van der Waals surface area contributed by atoms with Crippen LogP contribution < -0.4 is 4.72 Å². The number of hydrogen-bond donors (Lipinski definition) is 1. The monoisotopic (exact) mass is 411 g/mol. The molecule has 0 saturated carbocycles. The minimum absolute atomic E-state index is 0.0215. The van der Waals surface area contributed by atoms with Crippen LogP contribution in [-0.4, -0.2) is 30.3 Å². The third-order valence-corrected chi connectivity index (χ3v) is 5.93. The first-order chi connectivity index (χ1) is 13.0. The smallest absolute Gasteiger partial charge is 0.276 e. The van der Waals surface area contributed by atoms with Crippen LogP contribution in [0.3, 0.4) is 0 Å². The third-order valence-electron chi connectivity index (χ3n) is 3.84. The lowest BCUT2D eigenvalue weighted by atomic mass is 10.1. The van der Waals surface area contributed by atoms with Crippen LogP contribution in [0.1, 0.15) is 52.4 Å². The van der Waals surface area contributed by atoms with Crippen LogP contribution in [0.2, 0.25) is 0 Å². The van der Waals surface area contributed by atoms with E-state index in [1.807, 2.05) is 6.92 Å². The Hall–Kier alpha value is -1.87. The Morgan fingerprint density at radius 1 is 1.07 bits per heavy atom. The number of hydrogen-bond acceptors (Lipinski definition) is 7. The quantitative estimate of drug-likeness (QED) is 0.440. The van der Waals surface area contributed by atoms with Gasteiger partial charge < -0.3 is 4.42 Å². The van der Waals surface area contributed by atoms with E-state index in [0.29, 0.717) is 23.1 Å². The zero-order valence-electron chi connectivity index (χ0n) is 15.6. The molecule has 1 aromatic heterocycles. The Morgan fingerprint density at radius 3 is 2.44 bits per heavy atom. The van der Waals surface area contributed by atoms with Crippen LogP contribution in [0, 0.1) is 0 Å². The van der Waals surface area contributed by atoms with E-state index in [0.717, 1.165) is 31.4 Å². The Kier molecular flexibility index (Phi) is 8.30. The van der Waals surface area contributed by atoms with Gasteiger partial charge in [0.2, 0.25) is 11.8 Å². The van der Waals surface area contributed by atoms with Crippen molar-refractivity contribution in [3.63, 3.8) is 0 Å². The maximum absolute atomic E-state index is 12.3. The van der Waals surface area contributed by atoms with E-state index in [2.05, 4.69) is 21.8 Å². The summed E-state index contributed by atoms with van der Waals surface area (Å²) in [5.41, 5.74) is 0.617. The van der Waals surface area contributed by atoms with Gasteiger partial charge in [0.05, 0.1) is 4.90 Å². The van der Waals surface area contributed by atoms with Gasteiger partial charge in [-0.3, -0.25) is 4.79 Å². The fraction of sp³-hybridized carbons (Fsp3) is 0.500. The summed E-state index contributed by atoms with van der Waals surface area (Å²) in [6.07, 6.45) is 5.14. The number of thioether (sulfide) groups is 1. The molecular formula is C18H25N3O4S2. The zero-order valence-corrected chi connectivity index (χ0v) is 17.2. The molecule has 0 aliphatic heterocycles. The molecule has 2 rings (SSSR count). The Labute approximate surface area is 164 Å². The van der Waals surface area contributed by atoms with Crippen molar-refractivity contribution >= 4 is 27.7 Å². The summed E-state index contributed by atoms with van der Waals surface area (Å²) in [4.78, 5) is 11.9. The summed E-state index contributed by atoms with van der Waals surface area (Å²) in [7, 11) is -3.88. The van der Waals surface area contributed by atoms with Crippen LogP contribution in [0.25, 0.3) is 11.5 Å². The number of benzene rings is 1. The molecule has 1 aromatic carbocycles. The zero-order chi connectivity index (χ0) is 19.7. The van der Waals surface area contributed by atoms with E-state index in [4.69, 9.17) is 4.42 Å². The lowest BCUT2D eigenvalue weighted by molar-refractivity contribution is -0.119. The van der Waals surface area contributed by atoms with E-state index in [1.54, 1.807) is 12.1 Å². The average molecular weight is 412 g/mol. The number of carbonyl (C=O) groups is 1. The highest BCUT2D eigenvalue weighted by atomic mass is 32.2. The van der Waals surface area contributed by atoms with Gasteiger partial charge in [-0.15, -0.1) is 10.2 Å². The standard InChI is InChI=1S/C18H25N3O4S2/c1-3-5-6-7-8-9-16(22)21-27(23,24)15-12-10-14(11-13-15)17-19-20-18(25-17)26-4-2/h10-13H,3-9H2,1-2H3,(H,21,22). The van der Waals surface area contributed by atoms with Crippen molar-refractivity contribution in [2.24, 2.45) is 0 Å². The summed E-state index contributed by atoms with van der Waals surface area (Å²) in [6, 6.07) is 6.00. The molecular weight excluding hydrogens is 386 g/mol. The van der Waals surface area contributed by atoms with Gasteiger partial charge in [0.1, 0.15) is 0 Å². The molecule has 9 heteroatoms. The molecule has 0 radical (unpaired) electrons. The SMILES string of the molecule is CCCCCCCC(=O)NS(=O)(=O)c1ccc(-c2nnc(SCC)o2)cc1. The van der Waals surface area contributed by atoms with E-state index in [1.165, 1.54) is 23.9 Å². The van der Waals surface area contributed by atoms with Gasteiger partial charge in [-0.2, -0.15) is 0 Å². The van der Waals surface area contributed by atoms with Gasteiger partial charge in [-0.1, -0.05) is 51.3 Å². The predicted octanol–water partition coefficient (Wildman–Crippen LogP) is 4.01. The number of sulfonamides is 1. The Balaban J connectivity index is 1.94. The molecule has 0 bridgehead atoms. The highest BCUT2D eigenvalue weighted by molar-refractivity contribution is 7.99. The molecule has 7 nitrogen and oxygen atoms in total. The largest absolute Gasteiger partial charge is 0.411 e. The normalized spacial score (nSPS) is 11.5. The molecule has 0 aliphatic rings. The second-order valence-electron chi connectivity index (χ2n) is 6.02. The van der Waals surface area contributed by atoms with Gasteiger partial charge >= 0.3 is 0 Å². The highest BCUT2D eigenvalue weighted by Crippen LogP contribution is 2.24. The van der Waals surface area contributed by atoms with Crippen molar-refractivity contribution in [1.82, 2.24) is 14.9 Å². The van der Waals surface area contributed by atoms with Crippen molar-refractivity contribution in [3.05, 3.63) is 24.3 Å². The minimum Gasteiger partial charge on any atom is -0.411 e. The van der Waals surface area contributed by atoms with Crippen LogP contribution in [-0.2, 0) is 14.8 Å². The van der Waals surface area contributed by atoms with Crippen molar-refractivity contribution in [1.29, 1.82) is 0 Å². The van der Waals surface area contributed by atoms with Crippen molar-refractivity contribution < 1.29 is 17.6 Å². The summed E-state index contributed by atoms with van der Waals surface area (Å²) >= 11 is 1.43. The minimum atomic E-state index is -3.88. The number of aromatic nitrogens is 2. The number of rotatable bonds is 11. The molecule has 0 fully saturated rings. The average Bonchev–Trinajstić information content (AvgIpc) is 3.10. The van der Waals surface area contributed by atoms with Crippen molar-refractivity contribution in [3.8, 4) is 11.5 Å². The second kappa shape index (κ2) is 10.5. The maximum atomic E-state index is 12.3. The summed E-state index contributed by atoms with van der Waals surface area (Å²) in [5.74, 6) is 0.664. The summed E-state index contributed by atoms with van der Waals surface area (Å²) < 4.78 is 32.3. The van der Waals surface area contributed by atoms with Gasteiger partial charge in [-0.05, 0) is 36.4 Å². The van der Waals surface area contributed by atoms with Crippen molar-refractivity contribution in [2.45, 2.75) is 62.5 Å². The van der Waals surface area contributed by atoms with Gasteiger partial charge in [0.15, 0.2) is 0 Å². The number of carbonyl (C=O) groups excluding carboxylic acids is 1. The Morgan fingerprint density at radius 2 is 1.78 bits per heavy atom. The molecule has 0 unspecified atom stereocenters. The number of unbranched alkanes of at least 4 members (excludes halogenated alkanes) is 4. The van der Waals surface area contributed by atoms with E-state index < -0.39 is 15.9 Å². The molecule has 1 heterocycles. The second-order valence-corrected chi connectivity index (χ2v) is 8.92. The third kappa shape index (κ3) is 6.66. The lowest BCUT2D eigenvalue weighted by Crippen LogP contribution is -2.30. The molecule has 0 saturated heterocycles. The van der Waals surface area contributed by atoms with E-state index in [-0.39, 0.29) is 11.3 Å². The first-order valence-electron chi connectivity index (χ1n) is 9.08. The van der Waals surface area contributed by atoms with Crippen LogP contribution >= 0.6 is 11.8 Å². The van der Waals surface area contributed by atoms with E-state index >= 15 is 0 Å². The molecule has 0 aliphatic carbocycles. The van der Waals surface area contributed by atoms with Crippen LogP contribution in [0.15, 0.2) is 38.8 Å². The summed E-state index contributed by atoms with van der Waals surface area (Å²) in [5, 5.41) is 8.32. The van der Waals surface area contributed by atoms with Gasteiger partial charge in [0, 0.05) is 12.0 Å². The lowest BCUT2D eigenvalue weighted by Gasteiger charge is -2.07. The number of nitrogens with zero attached hydrogens (tertiary/aromatic N) is 2. The van der Waals surface area contributed by atoms with E-state index in [9.17, 15) is 13.2 Å². The topological polar surface area (TPSA) is 102 Å². The van der Waals surface area contributed by atoms with Crippen LogP contribution in [0.5, 0.6) is 0 Å². The first kappa shape index (κ1) is 21.4. The molecule has 148 valence electrons.